The first-order valence-corrected chi connectivity index (χ1v) is 9.57. The van der Waals surface area contributed by atoms with E-state index in [1.807, 2.05) is 0 Å². The van der Waals surface area contributed by atoms with Crippen molar-refractivity contribution >= 4 is 11.6 Å². The Labute approximate surface area is 140 Å². The van der Waals surface area contributed by atoms with Crippen LogP contribution in [0.2, 0.25) is 0 Å². The third-order valence-corrected chi connectivity index (χ3v) is 6.51. The van der Waals surface area contributed by atoms with Gasteiger partial charge in [0.1, 0.15) is 11.6 Å². The lowest BCUT2D eigenvalue weighted by atomic mass is 9.59. The molecule has 0 aromatic carbocycles. The number of Topliss-reactive ketones (excluding diaryl/α,β-unsaturated/α-hetero) is 2. The molecule has 2 saturated heterocycles. The van der Waals surface area contributed by atoms with Gasteiger partial charge in [0.15, 0.2) is 0 Å². The van der Waals surface area contributed by atoms with Crippen molar-refractivity contribution in [3.63, 3.8) is 0 Å². The Hall–Kier alpha value is -0.740. The van der Waals surface area contributed by atoms with Crippen LogP contribution in [-0.4, -0.2) is 48.7 Å². The molecule has 3 rings (SSSR count). The molecule has 1 spiro atoms. The summed E-state index contributed by atoms with van der Waals surface area (Å²) in [5.41, 5.74) is -0.696. The number of rotatable bonds is 5. The first-order valence-electron chi connectivity index (χ1n) is 9.57. The zero-order chi connectivity index (χ0) is 16.5. The molecule has 0 aromatic rings. The average molecular weight is 320 g/mol. The molecule has 1 saturated carbocycles. The third-order valence-electron chi connectivity index (χ3n) is 6.51. The lowest BCUT2D eigenvalue weighted by Crippen LogP contribution is -2.50. The zero-order valence-electron chi connectivity index (χ0n) is 14.8. The Morgan fingerprint density at radius 2 is 1.78 bits per heavy atom. The second kappa shape index (κ2) is 6.64. The Morgan fingerprint density at radius 3 is 2.30 bits per heavy atom. The van der Waals surface area contributed by atoms with Gasteiger partial charge in [-0.2, -0.15) is 0 Å². The van der Waals surface area contributed by atoms with Crippen LogP contribution in [0, 0.1) is 10.8 Å². The maximum absolute atomic E-state index is 13.0. The van der Waals surface area contributed by atoms with Crippen molar-refractivity contribution in [1.29, 1.82) is 0 Å². The van der Waals surface area contributed by atoms with Gasteiger partial charge < -0.3 is 5.32 Å². The molecule has 0 bridgehead atoms. The second-order valence-corrected chi connectivity index (χ2v) is 8.15. The van der Waals surface area contributed by atoms with Gasteiger partial charge in [-0.3, -0.25) is 14.5 Å². The first kappa shape index (κ1) is 17.1. The van der Waals surface area contributed by atoms with Gasteiger partial charge in [0.2, 0.25) is 0 Å². The van der Waals surface area contributed by atoms with Crippen molar-refractivity contribution in [1.82, 2.24) is 10.2 Å². The number of likely N-dealkylation sites (tertiary alicyclic amines) is 1. The number of nitrogens with one attached hydrogen (secondary N) is 1. The number of carbonyl (C=O) groups is 2. The molecule has 2 heterocycles. The van der Waals surface area contributed by atoms with Crippen molar-refractivity contribution < 1.29 is 9.59 Å². The Morgan fingerprint density at radius 1 is 1.13 bits per heavy atom. The molecule has 4 nitrogen and oxygen atoms in total. The Balaban J connectivity index is 1.73. The predicted molar refractivity (Wildman–Crippen MR) is 91.4 cm³/mol. The molecule has 1 aliphatic carbocycles. The van der Waals surface area contributed by atoms with Gasteiger partial charge in [0.25, 0.3) is 0 Å². The number of nitrogens with zero attached hydrogens (tertiary/aromatic N) is 1. The fraction of sp³-hybridized carbons (Fsp3) is 0.895. The van der Waals surface area contributed by atoms with E-state index in [9.17, 15) is 9.59 Å². The van der Waals surface area contributed by atoms with E-state index in [4.69, 9.17) is 0 Å². The maximum Gasteiger partial charge on any atom is 0.147 e. The van der Waals surface area contributed by atoms with E-state index in [0.717, 1.165) is 58.3 Å². The fourth-order valence-electron chi connectivity index (χ4n) is 5.29. The largest absolute Gasteiger partial charge is 0.315 e. The summed E-state index contributed by atoms with van der Waals surface area (Å²) in [4.78, 5) is 28.6. The molecule has 4 heteroatoms. The molecule has 3 fully saturated rings. The molecule has 23 heavy (non-hydrogen) atoms. The van der Waals surface area contributed by atoms with E-state index in [2.05, 4.69) is 24.1 Å². The molecule has 0 aromatic heterocycles. The standard InChI is InChI=1S/C19H32N2O2/c1-3-6-19(7-4-2)16(22)11-18(12-17(19)23)8-10-21(14-18)15-5-9-20-13-15/h15,20H,3-14H2,1-2H3. The summed E-state index contributed by atoms with van der Waals surface area (Å²) >= 11 is 0. The minimum absolute atomic E-state index is 0.0538. The SMILES string of the molecule is CCCC1(CCC)C(=O)CC2(CCN(C3CCNC3)C2)CC1=O. The average Bonchev–Trinajstić information content (AvgIpc) is 3.15. The lowest BCUT2D eigenvalue weighted by molar-refractivity contribution is -0.150. The van der Waals surface area contributed by atoms with Gasteiger partial charge in [-0.25, -0.2) is 0 Å². The van der Waals surface area contributed by atoms with E-state index in [-0.39, 0.29) is 17.0 Å². The van der Waals surface area contributed by atoms with Crippen LogP contribution in [0.4, 0.5) is 0 Å². The van der Waals surface area contributed by atoms with E-state index in [0.29, 0.717) is 18.9 Å². The summed E-state index contributed by atoms with van der Waals surface area (Å²) in [6, 6.07) is 0.609. The lowest BCUT2D eigenvalue weighted by Gasteiger charge is -2.42. The minimum Gasteiger partial charge on any atom is -0.315 e. The first-order chi connectivity index (χ1) is 11.1. The summed E-state index contributed by atoms with van der Waals surface area (Å²) in [6.45, 7) is 8.35. The summed E-state index contributed by atoms with van der Waals surface area (Å²) in [6.07, 6.45) is 6.85. The highest BCUT2D eigenvalue weighted by Crippen LogP contribution is 2.50. The Kier molecular flexibility index (Phi) is 4.93. The number of carbonyl (C=O) groups excluding carboxylic acids is 2. The second-order valence-electron chi connectivity index (χ2n) is 8.15. The van der Waals surface area contributed by atoms with Crippen LogP contribution in [-0.2, 0) is 9.59 Å². The maximum atomic E-state index is 13.0. The van der Waals surface area contributed by atoms with Crippen molar-refractivity contribution in [2.75, 3.05) is 26.2 Å². The molecule has 0 radical (unpaired) electrons. The molecule has 1 atom stereocenters. The number of ketones is 2. The molecule has 2 aliphatic heterocycles. The van der Waals surface area contributed by atoms with Gasteiger partial charge in [-0.1, -0.05) is 26.7 Å². The molecule has 1 unspecified atom stereocenters. The van der Waals surface area contributed by atoms with E-state index < -0.39 is 5.41 Å². The van der Waals surface area contributed by atoms with Crippen LogP contribution in [0.25, 0.3) is 0 Å². The fourth-order valence-corrected chi connectivity index (χ4v) is 5.29. The highest BCUT2D eigenvalue weighted by atomic mass is 16.2. The van der Waals surface area contributed by atoms with E-state index in [1.54, 1.807) is 0 Å². The highest BCUT2D eigenvalue weighted by Gasteiger charge is 2.55. The quantitative estimate of drug-likeness (QED) is 0.791. The summed E-state index contributed by atoms with van der Waals surface area (Å²) < 4.78 is 0. The van der Waals surface area contributed by atoms with Crippen molar-refractivity contribution in [3.05, 3.63) is 0 Å². The van der Waals surface area contributed by atoms with Crippen LogP contribution in [0.5, 0.6) is 0 Å². The van der Waals surface area contributed by atoms with Gasteiger partial charge in [0.05, 0.1) is 5.41 Å². The smallest absolute Gasteiger partial charge is 0.147 e. The van der Waals surface area contributed by atoms with Crippen LogP contribution in [0.1, 0.15) is 65.2 Å². The molecule has 130 valence electrons. The highest BCUT2D eigenvalue weighted by molar-refractivity contribution is 6.09. The van der Waals surface area contributed by atoms with E-state index >= 15 is 0 Å². The molecule has 3 aliphatic rings. The normalized spacial score (nSPS) is 30.4. The number of hydrogen-bond donors (Lipinski definition) is 1. The summed E-state index contributed by atoms with van der Waals surface area (Å²) in [5.74, 6) is 0.507. The molecule has 0 amide bonds. The molecular formula is C19H32N2O2. The molecular weight excluding hydrogens is 288 g/mol. The minimum atomic E-state index is -0.642. The topological polar surface area (TPSA) is 49.4 Å². The summed E-state index contributed by atoms with van der Waals surface area (Å²) in [5, 5.41) is 3.43. The van der Waals surface area contributed by atoms with Crippen LogP contribution >= 0.6 is 0 Å². The van der Waals surface area contributed by atoms with Gasteiger partial charge in [0, 0.05) is 32.0 Å². The van der Waals surface area contributed by atoms with Gasteiger partial charge in [-0.05, 0) is 44.2 Å². The summed E-state index contributed by atoms with van der Waals surface area (Å²) in [7, 11) is 0. The van der Waals surface area contributed by atoms with Crippen LogP contribution in [0.15, 0.2) is 0 Å². The van der Waals surface area contributed by atoms with Crippen LogP contribution in [0.3, 0.4) is 0 Å². The predicted octanol–water partition coefficient (Wildman–Crippen LogP) is 2.56. The van der Waals surface area contributed by atoms with E-state index in [1.165, 1.54) is 6.42 Å². The van der Waals surface area contributed by atoms with Crippen LogP contribution < -0.4 is 5.32 Å². The third kappa shape index (κ3) is 3.00. The van der Waals surface area contributed by atoms with Gasteiger partial charge in [-0.15, -0.1) is 0 Å². The van der Waals surface area contributed by atoms with Gasteiger partial charge >= 0.3 is 0 Å². The Bertz CT molecular complexity index is 442. The number of hydrogen-bond acceptors (Lipinski definition) is 4. The van der Waals surface area contributed by atoms with Crippen molar-refractivity contribution in [2.24, 2.45) is 10.8 Å². The van der Waals surface area contributed by atoms with Crippen molar-refractivity contribution in [2.45, 2.75) is 71.3 Å². The van der Waals surface area contributed by atoms with Crippen molar-refractivity contribution in [3.8, 4) is 0 Å². The zero-order valence-corrected chi connectivity index (χ0v) is 14.8. The monoisotopic (exact) mass is 320 g/mol. The molecule has 1 N–H and O–H groups in total.